The minimum Gasteiger partial charge on any atom is -0.480 e. The van der Waals surface area contributed by atoms with Crippen LogP contribution in [0.2, 0.25) is 0 Å². The lowest BCUT2D eigenvalue weighted by Crippen LogP contribution is -2.17. The van der Waals surface area contributed by atoms with Gasteiger partial charge in [-0.15, -0.1) is 0 Å². The monoisotopic (exact) mass is 293 g/mol. The molecule has 1 heterocycles. The first-order valence-electron chi connectivity index (χ1n) is 5.97. The predicted octanol–water partition coefficient (Wildman–Crippen LogP) is 2.30. The normalized spacial score (nSPS) is 11.7. The van der Waals surface area contributed by atoms with Gasteiger partial charge in [0.1, 0.15) is 20.5 Å². The van der Waals surface area contributed by atoms with Crippen LogP contribution in [0.4, 0.5) is 0 Å². The van der Waals surface area contributed by atoms with Crippen molar-refractivity contribution >= 4 is 23.1 Å². The second-order valence-corrected chi connectivity index (χ2v) is 4.13. The molecule has 0 saturated heterocycles. The molecule has 0 fully saturated rings. The van der Waals surface area contributed by atoms with E-state index in [4.69, 9.17) is 21.1 Å². The van der Waals surface area contributed by atoms with Gasteiger partial charge in [0.25, 0.3) is 5.19 Å². The van der Waals surface area contributed by atoms with Crippen molar-refractivity contribution in [3.63, 3.8) is 0 Å². The topological polar surface area (TPSA) is 89.7 Å². The molecule has 0 radical (unpaired) electrons. The number of para-hydroxylation sites is 1. The fourth-order valence-corrected chi connectivity index (χ4v) is 1.80. The summed E-state index contributed by atoms with van der Waals surface area (Å²) in [6, 6.07) is 6.94. The van der Waals surface area contributed by atoms with Gasteiger partial charge in [0.15, 0.2) is 5.71 Å². The van der Waals surface area contributed by atoms with E-state index < -0.39 is 0 Å². The molecule has 1 aromatic carbocycles. The largest absolute Gasteiger partial charge is 0.480 e. The molecule has 2 rings (SSSR count). The summed E-state index contributed by atoms with van der Waals surface area (Å²) in [7, 11) is 2.75. The van der Waals surface area contributed by atoms with E-state index in [0.717, 1.165) is 11.5 Å². The molecule has 20 heavy (non-hydrogen) atoms. The van der Waals surface area contributed by atoms with Crippen LogP contribution in [-0.4, -0.2) is 35.2 Å². The molecule has 104 valence electrons. The number of nitrogens with one attached hydrogen (secondary N) is 1. The molecule has 7 nitrogen and oxygen atoms in total. The fraction of sp³-hybridized carbons (Fsp3) is 0.167. The number of methoxy groups -OCH3 is 1. The number of hydrogen-bond donors (Lipinski definition) is 1. The molecular weight excluding hydrogens is 280 g/mol. The lowest BCUT2D eigenvalue weighted by atomic mass is 10.1. The standard InChI is InChI=1S/C12H12N4O3S/c1-17-11(13)10(16-18-2)8-5-3-4-6-9(8)19-12-14-7-15-20-12/h3-7,13H,1-2H3/b13-11?,16-10+/i7D. The molecule has 0 aliphatic rings. The number of aromatic nitrogens is 2. The summed E-state index contributed by atoms with van der Waals surface area (Å²) in [6.07, 6.45) is -0.108. The van der Waals surface area contributed by atoms with Crippen LogP contribution in [0.3, 0.4) is 0 Å². The smallest absolute Gasteiger partial charge is 0.298 e. The molecule has 8 heteroatoms. The van der Waals surface area contributed by atoms with Crippen molar-refractivity contribution in [1.82, 2.24) is 9.36 Å². The van der Waals surface area contributed by atoms with Crippen molar-refractivity contribution in [1.29, 1.82) is 5.41 Å². The van der Waals surface area contributed by atoms with Crippen molar-refractivity contribution in [3.8, 4) is 10.9 Å². The summed E-state index contributed by atoms with van der Waals surface area (Å²) in [5.74, 6) is 0.248. The molecule has 0 amide bonds. The first kappa shape index (κ1) is 12.5. The first-order chi connectivity index (χ1) is 10.2. The Labute approximate surface area is 120 Å². The van der Waals surface area contributed by atoms with Crippen LogP contribution in [0.1, 0.15) is 6.93 Å². The van der Waals surface area contributed by atoms with Gasteiger partial charge in [0, 0.05) is 11.5 Å². The van der Waals surface area contributed by atoms with Gasteiger partial charge in [-0.1, -0.05) is 17.3 Å². The Hall–Kier alpha value is -2.48. The molecule has 0 saturated carbocycles. The van der Waals surface area contributed by atoms with Crippen molar-refractivity contribution in [2.45, 2.75) is 0 Å². The molecule has 0 aliphatic heterocycles. The third-order valence-corrected chi connectivity index (χ3v) is 2.75. The third-order valence-electron chi connectivity index (χ3n) is 2.25. The van der Waals surface area contributed by atoms with E-state index in [2.05, 4.69) is 14.5 Å². The zero-order valence-electron chi connectivity index (χ0n) is 11.8. The van der Waals surface area contributed by atoms with Crippen LogP contribution < -0.4 is 4.74 Å². The van der Waals surface area contributed by atoms with Crippen molar-refractivity contribution < 1.29 is 15.7 Å². The Morgan fingerprint density at radius 1 is 1.40 bits per heavy atom. The maximum absolute atomic E-state index is 7.77. The summed E-state index contributed by atoms with van der Waals surface area (Å²) in [5.41, 5.74) is 0.694. The van der Waals surface area contributed by atoms with Gasteiger partial charge in [-0.25, -0.2) is 0 Å². The van der Waals surface area contributed by atoms with Gasteiger partial charge >= 0.3 is 0 Å². The van der Waals surface area contributed by atoms with E-state index in [-0.39, 0.29) is 23.1 Å². The molecule has 0 spiro atoms. The van der Waals surface area contributed by atoms with Gasteiger partial charge in [0.2, 0.25) is 5.90 Å². The van der Waals surface area contributed by atoms with E-state index in [9.17, 15) is 0 Å². The van der Waals surface area contributed by atoms with Crippen molar-refractivity contribution in [2.75, 3.05) is 14.2 Å². The average Bonchev–Trinajstić information content (AvgIpc) is 2.90. The Kier molecular flexibility index (Phi) is 4.15. The molecule has 0 atom stereocenters. The van der Waals surface area contributed by atoms with E-state index >= 15 is 0 Å². The number of oxime groups is 1. The molecule has 2 aromatic rings. The Morgan fingerprint density at radius 3 is 2.85 bits per heavy atom. The highest BCUT2D eigenvalue weighted by Crippen LogP contribution is 2.26. The molecule has 1 aromatic heterocycles. The van der Waals surface area contributed by atoms with Crippen LogP contribution in [0.15, 0.2) is 35.7 Å². The summed E-state index contributed by atoms with van der Waals surface area (Å²) >= 11 is 0.965. The van der Waals surface area contributed by atoms with Crippen molar-refractivity contribution in [3.05, 3.63) is 36.1 Å². The minimum absolute atomic E-state index is 0.108. The van der Waals surface area contributed by atoms with Crippen LogP contribution in [0.25, 0.3) is 0 Å². The number of nitrogens with zero attached hydrogens (tertiary/aromatic N) is 3. The zero-order chi connectivity index (χ0) is 15.2. The Balaban J connectivity index is 2.39. The number of ether oxygens (including phenoxy) is 2. The molecule has 1 N–H and O–H groups in total. The Bertz CT molecular complexity index is 674. The predicted molar refractivity (Wildman–Crippen MR) is 74.7 cm³/mol. The highest BCUT2D eigenvalue weighted by Gasteiger charge is 2.18. The maximum atomic E-state index is 7.77. The summed E-state index contributed by atoms with van der Waals surface area (Å²) in [5, 5.41) is 11.8. The number of benzene rings is 1. The van der Waals surface area contributed by atoms with Crippen LogP contribution in [0.5, 0.6) is 10.9 Å². The SMILES string of the molecule is [2H]c1nsc(Oc2ccccc2/C(=N\OC)C(=N)OC)n1. The molecule has 0 aliphatic carbocycles. The second-order valence-electron chi connectivity index (χ2n) is 3.41. The third kappa shape index (κ3) is 3.09. The minimum atomic E-state index is -0.161. The summed E-state index contributed by atoms with van der Waals surface area (Å²) < 4.78 is 21.5. The van der Waals surface area contributed by atoms with Gasteiger partial charge in [0.05, 0.1) is 12.7 Å². The van der Waals surface area contributed by atoms with Crippen LogP contribution in [0, 0.1) is 5.41 Å². The zero-order valence-corrected chi connectivity index (χ0v) is 11.6. The Morgan fingerprint density at radius 2 is 2.20 bits per heavy atom. The quantitative estimate of drug-likeness (QED) is 0.519. The second kappa shape index (κ2) is 6.62. The van der Waals surface area contributed by atoms with Crippen molar-refractivity contribution in [2.24, 2.45) is 5.16 Å². The van der Waals surface area contributed by atoms with E-state index in [1.54, 1.807) is 24.3 Å². The fourth-order valence-electron chi connectivity index (χ4n) is 1.43. The highest BCUT2D eigenvalue weighted by molar-refractivity contribution is 7.07. The number of rotatable bonds is 5. The van der Waals surface area contributed by atoms with Gasteiger partial charge in [-0.05, 0) is 12.1 Å². The lowest BCUT2D eigenvalue weighted by molar-refractivity contribution is 0.213. The average molecular weight is 293 g/mol. The molecular formula is C12H12N4O3S. The van der Waals surface area contributed by atoms with Gasteiger partial charge in [-0.3, -0.25) is 5.41 Å². The number of hydrogen-bond acceptors (Lipinski definition) is 8. The van der Waals surface area contributed by atoms with Gasteiger partial charge in [-0.2, -0.15) is 9.36 Å². The maximum Gasteiger partial charge on any atom is 0.298 e. The van der Waals surface area contributed by atoms with E-state index in [1.807, 2.05) is 0 Å². The lowest BCUT2D eigenvalue weighted by Gasteiger charge is -2.10. The van der Waals surface area contributed by atoms with Crippen LogP contribution >= 0.6 is 11.5 Å². The summed E-state index contributed by atoms with van der Waals surface area (Å²) in [4.78, 5) is 8.56. The first-order valence-corrected chi connectivity index (χ1v) is 6.24. The van der Waals surface area contributed by atoms with E-state index in [1.165, 1.54) is 14.2 Å². The van der Waals surface area contributed by atoms with Gasteiger partial charge < -0.3 is 14.3 Å². The summed E-state index contributed by atoms with van der Waals surface area (Å²) in [6.45, 7) is 0. The highest BCUT2D eigenvalue weighted by atomic mass is 32.1. The van der Waals surface area contributed by atoms with E-state index in [0.29, 0.717) is 11.3 Å². The molecule has 0 bridgehead atoms. The van der Waals surface area contributed by atoms with Crippen LogP contribution in [-0.2, 0) is 9.57 Å². The molecule has 0 unspecified atom stereocenters.